The number of ether oxygens (including phenoxy) is 1. The van der Waals surface area contributed by atoms with E-state index in [4.69, 9.17) is 4.74 Å². The number of carbonyl (C=O) groups excluding carboxylic acids is 1. The Morgan fingerprint density at radius 3 is 2.81 bits per heavy atom. The zero-order valence-electron chi connectivity index (χ0n) is 17.4. The highest BCUT2D eigenvalue weighted by Gasteiger charge is 2.44. The molecule has 0 saturated carbocycles. The summed E-state index contributed by atoms with van der Waals surface area (Å²) in [4.78, 5) is 20.0. The lowest BCUT2D eigenvalue weighted by molar-refractivity contribution is -0.0568. The molecular weight excluding hydrogens is 388 g/mol. The van der Waals surface area contributed by atoms with Crippen molar-refractivity contribution in [2.24, 2.45) is 11.8 Å². The quantitative estimate of drug-likeness (QED) is 0.483. The van der Waals surface area contributed by atoms with Gasteiger partial charge in [-0.3, -0.25) is 9.88 Å². The Kier molecular flexibility index (Phi) is 5.20. The predicted octanol–water partition coefficient (Wildman–Crippen LogP) is 4.73. The smallest absolute Gasteiger partial charge is 0.338 e. The van der Waals surface area contributed by atoms with E-state index in [0.29, 0.717) is 17.4 Å². The summed E-state index contributed by atoms with van der Waals surface area (Å²) < 4.78 is 6.22. The van der Waals surface area contributed by atoms with Crippen molar-refractivity contribution in [3.63, 3.8) is 0 Å². The van der Waals surface area contributed by atoms with Crippen LogP contribution in [0.1, 0.15) is 34.9 Å². The number of esters is 1. The number of pyridine rings is 1. The summed E-state index contributed by atoms with van der Waals surface area (Å²) in [5, 5.41) is 10.9. The molecule has 5 atom stereocenters. The molecule has 5 heteroatoms. The fourth-order valence-electron chi connectivity index (χ4n) is 5.20. The van der Waals surface area contributed by atoms with E-state index in [1.54, 1.807) is 36.5 Å². The molecule has 3 saturated heterocycles. The fraction of sp³-hybridized carbons (Fsp3) is 0.308. The van der Waals surface area contributed by atoms with Crippen molar-refractivity contribution in [3.8, 4) is 5.75 Å². The average Bonchev–Trinajstić information content (AvgIpc) is 2.83. The lowest BCUT2D eigenvalue weighted by Gasteiger charge is -2.51. The molecule has 5 nitrogen and oxygen atoms in total. The van der Waals surface area contributed by atoms with Gasteiger partial charge in [0, 0.05) is 23.7 Å². The minimum Gasteiger partial charge on any atom is -0.508 e. The molecule has 0 aliphatic carbocycles. The number of fused-ring (bicyclic) bond motifs is 4. The maximum absolute atomic E-state index is 13.1. The van der Waals surface area contributed by atoms with E-state index in [2.05, 4.69) is 22.5 Å². The van der Waals surface area contributed by atoms with Gasteiger partial charge in [-0.05, 0) is 67.6 Å². The number of carbonyl (C=O) groups is 1. The summed E-state index contributed by atoms with van der Waals surface area (Å²) >= 11 is 0. The maximum Gasteiger partial charge on any atom is 0.338 e. The molecule has 3 unspecified atom stereocenters. The molecule has 6 rings (SSSR count). The SMILES string of the molecule is C=CC1CN2CCC1C[C@@H]2[C@@H](OC(=O)c1ccccc1)c1ccnc2ccc(O)cc12. The normalized spacial score (nSPS) is 25.8. The number of rotatable bonds is 5. The maximum atomic E-state index is 13.1. The van der Waals surface area contributed by atoms with Crippen LogP contribution in [0.2, 0.25) is 0 Å². The third kappa shape index (κ3) is 3.70. The van der Waals surface area contributed by atoms with Gasteiger partial charge in [0.2, 0.25) is 0 Å². The zero-order chi connectivity index (χ0) is 21.4. The third-order valence-corrected chi connectivity index (χ3v) is 6.81. The second-order valence-electron chi connectivity index (χ2n) is 8.54. The van der Waals surface area contributed by atoms with Crippen LogP contribution in [-0.4, -0.2) is 40.1 Å². The standard InChI is InChI=1S/C26H26N2O3/c1-2-17-16-28-13-11-19(17)14-24(28)25(31-26(30)18-6-4-3-5-7-18)21-10-12-27-23-9-8-20(29)15-22(21)23/h2-10,12,15,17,19,24-25,29H,1,11,13-14,16H2/t17?,19?,24-,25+/m1/s1. The van der Waals surface area contributed by atoms with Gasteiger partial charge in [-0.25, -0.2) is 4.79 Å². The molecule has 3 aromatic rings. The van der Waals surface area contributed by atoms with Gasteiger partial charge in [-0.15, -0.1) is 6.58 Å². The zero-order valence-corrected chi connectivity index (χ0v) is 17.4. The van der Waals surface area contributed by atoms with Crippen LogP contribution < -0.4 is 0 Å². The Hall–Kier alpha value is -3.18. The van der Waals surface area contributed by atoms with Crippen LogP contribution in [0.4, 0.5) is 0 Å². The van der Waals surface area contributed by atoms with Crippen LogP contribution >= 0.6 is 0 Å². The molecule has 3 aliphatic rings. The Balaban J connectivity index is 1.56. The minimum absolute atomic E-state index is 0.0792. The van der Waals surface area contributed by atoms with Crippen LogP contribution in [0.3, 0.4) is 0 Å². The van der Waals surface area contributed by atoms with Gasteiger partial charge in [0.25, 0.3) is 0 Å². The van der Waals surface area contributed by atoms with E-state index in [0.717, 1.165) is 42.4 Å². The molecule has 0 amide bonds. The van der Waals surface area contributed by atoms with Crippen LogP contribution in [0.15, 0.2) is 73.4 Å². The number of piperidine rings is 3. The Morgan fingerprint density at radius 1 is 1.23 bits per heavy atom. The summed E-state index contributed by atoms with van der Waals surface area (Å²) in [5.74, 6) is 0.867. The van der Waals surface area contributed by atoms with Gasteiger partial charge >= 0.3 is 5.97 Å². The van der Waals surface area contributed by atoms with Gasteiger partial charge < -0.3 is 9.84 Å². The molecule has 31 heavy (non-hydrogen) atoms. The third-order valence-electron chi connectivity index (χ3n) is 6.81. The van der Waals surface area contributed by atoms with E-state index in [9.17, 15) is 9.90 Å². The van der Waals surface area contributed by atoms with Crippen LogP contribution in [0.25, 0.3) is 10.9 Å². The van der Waals surface area contributed by atoms with Crippen LogP contribution in [0, 0.1) is 11.8 Å². The van der Waals surface area contributed by atoms with Gasteiger partial charge in [0.1, 0.15) is 11.9 Å². The molecule has 2 bridgehead atoms. The summed E-state index contributed by atoms with van der Waals surface area (Å²) in [5.41, 5.74) is 2.20. The van der Waals surface area contributed by atoms with Crippen molar-refractivity contribution in [1.29, 1.82) is 0 Å². The number of aromatic nitrogens is 1. The Labute approximate surface area is 182 Å². The monoisotopic (exact) mass is 414 g/mol. The predicted molar refractivity (Wildman–Crippen MR) is 120 cm³/mol. The number of nitrogens with zero attached hydrogens (tertiary/aromatic N) is 2. The molecule has 3 fully saturated rings. The largest absolute Gasteiger partial charge is 0.508 e. The number of benzene rings is 2. The second-order valence-corrected chi connectivity index (χ2v) is 8.54. The van der Waals surface area contributed by atoms with E-state index in [1.165, 1.54) is 0 Å². The molecule has 2 aromatic carbocycles. The van der Waals surface area contributed by atoms with Crippen molar-refractivity contribution in [2.45, 2.75) is 25.0 Å². The van der Waals surface area contributed by atoms with E-state index < -0.39 is 6.10 Å². The molecule has 0 radical (unpaired) electrons. The molecule has 0 spiro atoms. The number of phenols is 1. The second kappa shape index (κ2) is 8.16. The van der Waals surface area contributed by atoms with Gasteiger partial charge in [-0.2, -0.15) is 0 Å². The average molecular weight is 415 g/mol. The van der Waals surface area contributed by atoms with Gasteiger partial charge in [0.05, 0.1) is 17.1 Å². The van der Waals surface area contributed by atoms with Gasteiger partial charge in [-0.1, -0.05) is 24.3 Å². The lowest BCUT2D eigenvalue weighted by Crippen LogP contribution is -2.55. The first-order chi connectivity index (χ1) is 15.1. The van der Waals surface area contributed by atoms with E-state index in [1.807, 2.05) is 24.3 Å². The lowest BCUT2D eigenvalue weighted by atomic mass is 9.73. The molecule has 4 heterocycles. The molecule has 1 aromatic heterocycles. The number of hydrogen-bond acceptors (Lipinski definition) is 5. The van der Waals surface area contributed by atoms with E-state index >= 15 is 0 Å². The molecular formula is C26H26N2O3. The fourth-order valence-corrected chi connectivity index (χ4v) is 5.20. The van der Waals surface area contributed by atoms with Crippen LogP contribution in [0.5, 0.6) is 5.75 Å². The number of aromatic hydroxyl groups is 1. The Bertz CT molecular complexity index is 1110. The Morgan fingerprint density at radius 2 is 2.06 bits per heavy atom. The van der Waals surface area contributed by atoms with Crippen molar-refractivity contribution in [1.82, 2.24) is 9.88 Å². The van der Waals surface area contributed by atoms with Crippen molar-refractivity contribution >= 4 is 16.9 Å². The van der Waals surface area contributed by atoms with Crippen molar-refractivity contribution in [3.05, 3.63) is 84.6 Å². The molecule has 158 valence electrons. The summed E-state index contributed by atoms with van der Waals surface area (Å²) in [6.07, 6.45) is 5.46. The highest BCUT2D eigenvalue weighted by atomic mass is 16.5. The van der Waals surface area contributed by atoms with Crippen molar-refractivity contribution < 1.29 is 14.6 Å². The highest BCUT2D eigenvalue weighted by Crippen LogP contribution is 2.43. The molecule has 3 aliphatic heterocycles. The number of phenolic OH excluding ortho intramolecular Hbond substituents is 1. The first kappa shape index (κ1) is 19.8. The highest BCUT2D eigenvalue weighted by molar-refractivity contribution is 5.90. The van der Waals surface area contributed by atoms with Crippen molar-refractivity contribution in [2.75, 3.05) is 13.1 Å². The summed E-state index contributed by atoms with van der Waals surface area (Å²) in [7, 11) is 0. The van der Waals surface area contributed by atoms with Crippen LogP contribution in [-0.2, 0) is 4.74 Å². The first-order valence-corrected chi connectivity index (χ1v) is 10.8. The minimum atomic E-state index is -0.450. The summed E-state index contributed by atoms with van der Waals surface area (Å²) in [6, 6.07) is 16.2. The number of hydrogen-bond donors (Lipinski definition) is 1. The summed E-state index contributed by atoms with van der Waals surface area (Å²) in [6.45, 7) is 5.95. The first-order valence-electron chi connectivity index (χ1n) is 10.8. The van der Waals surface area contributed by atoms with Gasteiger partial charge in [0.15, 0.2) is 0 Å². The molecule has 1 N–H and O–H groups in total. The van der Waals surface area contributed by atoms with E-state index in [-0.39, 0.29) is 17.8 Å². The topological polar surface area (TPSA) is 62.7 Å².